The van der Waals surface area contributed by atoms with E-state index in [1.165, 1.54) is 25.7 Å². The zero-order valence-corrected chi connectivity index (χ0v) is 19.6. The zero-order chi connectivity index (χ0) is 22.1. The third-order valence-electron chi connectivity index (χ3n) is 8.68. The fourth-order valence-electron chi connectivity index (χ4n) is 6.65. The van der Waals surface area contributed by atoms with Crippen LogP contribution in [0.25, 0.3) is 0 Å². The second-order valence-electron chi connectivity index (χ2n) is 11.0. The molecule has 3 nitrogen and oxygen atoms in total. The molecule has 3 aliphatic rings. The first-order valence-electron chi connectivity index (χ1n) is 12.3. The summed E-state index contributed by atoms with van der Waals surface area (Å²) in [5.74, 6) is 2.35. The highest BCUT2D eigenvalue weighted by Crippen LogP contribution is 2.60. The van der Waals surface area contributed by atoms with Gasteiger partial charge in [-0.2, -0.15) is 0 Å². The molecule has 0 radical (unpaired) electrons. The first-order valence-corrected chi connectivity index (χ1v) is 12.3. The monoisotopic (exact) mass is 416 g/mol. The Hall–Kier alpha value is -0.900. The fourth-order valence-corrected chi connectivity index (χ4v) is 6.65. The molecule has 0 aromatic rings. The minimum absolute atomic E-state index is 0.180. The Bertz CT molecular complexity index is 676. The molecule has 3 N–H and O–H groups in total. The molecule has 0 bridgehead atoms. The minimum Gasteiger partial charge on any atom is -0.393 e. The van der Waals surface area contributed by atoms with Crippen LogP contribution >= 0.6 is 0 Å². The van der Waals surface area contributed by atoms with Crippen LogP contribution in [0.15, 0.2) is 35.5 Å². The number of rotatable bonds is 6. The van der Waals surface area contributed by atoms with Crippen molar-refractivity contribution in [1.82, 2.24) is 0 Å². The first-order chi connectivity index (χ1) is 14.1. The topological polar surface area (TPSA) is 60.7 Å². The summed E-state index contributed by atoms with van der Waals surface area (Å²) in [5, 5.41) is 30.4. The molecule has 0 aliphatic heterocycles. The average Bonchev–Trinajstić information content (AvgIpc) is 3.04. The van der Waals surface area contributed by atoms with Crippen LogP contribution < -0.4 is 0 Å². The molecular formula is C27H44O3. The van der Waals surface area contributed by atoms with Gasteiger partial charge in [0.25, 0.3) is 0 Å². The van der Waals surface area contributed by atoms with Crippen molar-refractivity contribution >= 4 is 0 Å². The second-order valence-corrected chi connectivity index (χ2v) is 11.0. The summed E-state index contributed by atoms with van der Waals surface area (Å²) in [5.41, 5.74) is 3.69. The molecule has 3 fully saturated rings. The number of fused-ring (bicyclic) bond motifs is 1. The van der Waals surface area contributed by atoms with Crippen LogP contribution in [0.1, 0.15) is 85.5 Å². The highest BCUT2D eigenvalue weighted by molar-refractivity contribution is 5.38. The van der Waals surface area contributed by atoms with Gasteiger partial charge in [-0.25, -0.2) is 0 Å². The Labute approximate surface area is 184 Å². The molecule has 30 heavy (non-hydrogen) atoms. The van der Waals surface area contributed by atoms with E-state index < -0.39 is 12.2 Å². The van der Waals surface area contributed by atoms with E-state index in [-0.39, 0.29) is 6.10 Å². The van der Waals surface area contributed by atoms with Gasteiger partial charge in [0.2, 0.25) is 0 Å². The molecule has 3 aliphatic carbocycles. The fraction of sp³-hybridized carbons (Fsp3) is 0.778. The van der Waals surface area contributed by atoms with Crippen molar-refractivity contribution in [1.29, 1.82) is 0 Å². The Morgan fingerprint density at radius 2 is 1.87 bits per heavy atom. The molecule has 3 heteroatoms. The van der Waals surface area contributed by atoms with Gasteiger partial charge in [-0.3, -0.25) is 0 Å². The van der Waals surface area contributed by atoms with E-state index in [1.807, 2.05) is 0 Å². The lowest BCUT2D eigenvalue weighted by Crippen LogP contribution is -2.36. The third-order valence-corrected chi connectivity index (χ3v) is 8.68. The lowest BCUT2D eigenvalue weighted by atomic mass is 9.60. The van der Waals surface area contributed by atoms with Crippen LogP contribution in [0.3, 0.4) is 0 Å². The number of hydrogen-bond donors (Lipinski definition) is 3. The maximum absolute atomic E-state index is 10.3. The summed E-state index contributed by atoms with van der Waals surface area (Å²) in [7, 11) is 0. The van der Waals surface area contributed by atoms with Crippen LogP contribution in [0.4, 0.5) is 0 Å². The highest BCUT2D eigenvalue weighted by atomic mass is 16.3. The SMILES string of the molecule is C=C1C(=C/C=C2\CCC[C@]3(C)[C@@H]([C@H](C)CC[C@@H](O)C(C)C)CC[C@@H]23)C[C@@H](O)C[C@@H]1O. The van der Waals surface area contributed by atoms with E-state index in [2.05, 4.69) is 46.4 Å². The van der Waals surface area contributed by atoms with Gasteiger partial charge in [0.15, 0.2) is 0 Å². The summed E-state index contributed by atoms with van der Waals surface area (Å²) in [6.45, 7) is 13.2. The van der Waals surface area contributed by atoms with Crippen molar-refractivity contribution in [2.24, 2.45) is 29.1 Å². The lowest BCUT2D eigenvalue weighted by molar-refractivity contribution is 0.0717. The number of aliphatic hydroxyl groups is 3. The molecule has 0 aromatic heterocycles. The molecule has 0 aromatic carbocycles. The minimum atomic E-state index is -0.618. The number of allylic oxidation sites excluding steroid dienone is 3. The number of hydrogen-bond acceptors (Lipinski definition) is 3. The van der Waals surface area contributed by atoms with E-state index in [0.717, 1.165) is 36.3 Å². The molecule has 0 heterocycles. The van der Waals surface area contributed by atoms with E-state index in [4.69, 9.17) is 0 Å². The van der Waals surface area contributed by atoms with E-state index in [1.54, 1.807) is 5.57 Å². The van der Waals surface area contributed by atoms with Crippen molar-refractivity contribution < 1.29 is 15.3 Å². The maximum Gasteiger partial charge on any atom is 0.0811 e. The lowest BCUT2D eigenvalue weighted by Gasteiger charge is -2.44. The quantitative estimate of drug-likeness (QED) is 0.531. The summed E-state index contributed by atoms with van der Waals surface area (Å²) in [6, 6.07) is 0. The molecule has 3 saturated carbocycles. The van der Waals surface area contributed by atoms with Crippen LogP contribution in [0.2, 0.25) is 0 Å². The van der Waals surface area contributed by atoms with Gasteiger partial charge in [0, 0.05) is 6.42 Å². The predicted octanol–water partition coefficient (Wildman–Crippen LogP) is 5.56. The van der Waals surface area contributed by atoms with Crippen molar-refractivity contribution in [3.63, 3.8) is 0 Å². The van der Waals surface area contributed by atoms with Gasteiger partial charge in [0.1, 0.15) is 0 Å². The molecular weight excluding hydrogens is 372 g/mol. The van der Waals surface area contributed by atoms with Gasteiger partial charge in [-0.1, -0.05) is 52.0 Å². The molecule has 0 saturated heterocycles. The number of aliphatic hydroxyl groups excluding tert-OH is 3. The summed E-state index contributed by atoms with van der Waals surface area (Å²) < 4.78 is 0. The Morgan fingerprint density at radius 1 is 1.13 bits per heavy atom. The van der Waals surface area contributed by atoms with Gasteiger partial charge < -0.3 is 15.3 Å². The summed E-state index contributed by atoms with van der Waals surface area (Å²) in [6.07, 6.45) is 12.4. The van der Waals surface area contributed by atoms with Crippen LogP contribution in [0, 0.1) is 29.1 Å². The van der Waals surface area contributed by atoms with Gasteiger partial charge in [0.05, 0.1) is 18.3 Å². The second kappa shape index (κ2) is 9.71. The van der Waals surface area contributed by atoms with Crippen LogP contribution in [-0.4, -0.2) is 33.6 Å². The van der Waals surface area contributed by atoms with E-state index >= 15 is 0 Å². The Balaban J connectivity index is 1.72. The zero-order valence-electron chi connectivity index (χ0n) is 19.6. The smallest absolute Gasteiger partial charge is 0.0811 e. The van der Waals surface area contributed by atoms with E-state index in [9.17, 15) is 15.3 Å². The molecule has 0 spiro atoms. The summed E-state index contributed by atoms with van der Waals surface area (Å²) in [4.78, 5) is 0. The van der Waals surface area contributed by atoms with Gasteiger partial charge in [-0.05, 0) is 91.6 Å². The average molecular weight is 417 g/mol. The Kier molecular flexibility index (Phi) is 7.69. The standard InChI is InChI=1S/C27H44O3/c1-17(2)25(29)13-8-18(3)23-11-12-24-20(7-6-14-27(23,24)5)9-10-21-15-22(28)16-26(30)19(21)4/h9-10,17-18,22-26,28-30H,4,6-8,11-16H2,1-3,5H3/b20-9+,21-10?/t18-,22-,23-,24+,25-,26+,27-/m1/s1. The largest absolute Gasteiger partial charge is 0.393 e. The van der Waals surface area contributed by atoms with Crippen LogP contribution in [-0.2, 0) is 0 Å². The normalized spacial score (nSPS) is 39.5. The van der Waals surface area contributed by atoms with Crippen LogP contribution in [0.5, 0.6) is 0 Å². The van der Waals surface area contributed by atoms with Gasteiger partial charge >= 0.3 is 0 Å². The molecule has 0 unspecified atom stereocenters. The predicted molar refractivity (Wildman–Crippen MR) is 124 cm³/mol. The van der Waals surface area contributed by atoms with Crippen molar-refractivity contribution in [2.45, 2.75) is 104 Å². The van der Waals surface area contributed by atoms with Gasteiger partial charge in [-0.15, -0.1) is 0 Å². The third kappa shape index (κ3) is 4.95. The molecule has 3 rings (SSSR count). The Morgan fingerprint density at radius 3 is 2.57 bits per heavy atom. The first kappa shape index (κ1) is 23.8. The van der Waals surface area contributed by atoms with Crippen molar-refractivity contribution in [2.75, 3.05) is 0 Å². The van der Waals surface area contributed by atoms with Crippen molar-refractivity contribution in [3.8, 4) is 0 Å². The summed E-state index contributed by atoms with van der Waals surface area (Å²) >= 11 is 0. The molecule has 0 amide bonds. The highest BCUT2D eigenvalue weighted by Gasteiger charge is 2.50. The van der Waals surface area contributed by atoms with Crippen molar-refractivity contribution in [3.05, 3.63) is 35.5 Å². The maximum atomic E-state index is 10.3. The van der Waals surface area contributed by atoms with E-state index in [0.29, 0.717) is 36.0 Å². The molecule has 170 valence electrons. The molecule has 7 atom stereocenters.